The third kappa shape index (κ3) is 3.37. The molecule has 2 aromatic heterocycles. The molecule has 0 atom stereocenters. The van der Waals surface area contributed by atoms with E-state index in [0.29, 0.717) is 22.0 Å². The molecule has 0 unspecified atom stereocenters. The highest BCUT2D eigenvalue weighted by atomic mass is 35.5. The smallest absolute Gasteiger partial charge is 0.309 e. The first-order valence-electron chi connectivity index (χ1n) is 8.67. The maximum atomic E-state index is 14.2. The number of aromatic nitrogens is 2. The third-order valence-corrected chi connectivity index (χ3v) is 4.98. The molecule has 0 saturated heterocycles. The molecule has 2 aromatic carbocycles. The van der Waals surface area contributed by atoms with Gasteiger partial charge < -0.3 is 10.1 Å². The fourth-order valence-electron chi connectivity index (χ4n) is 3.36. The number of nitrogens with zero attached hydrogens (tertiary/aromatic N) is 1. The number of nitrogens with one attached hydrogen (secondary N) is 1. The van der Waals surface area contributed by atoms with E-state index < -0.39 is 5.97 Å². The first kappa shape index (κ1) is 18.2. The Bertz CT molecular complexity index is 1200. The number of carboxylic acid groups (broad SMARTS) is 1. The summed E-state index contributed by atoms with van der Waals surface area (Å²) in [6.07, 6.45) is 1.58. The van der Waals surface area contributed by atoms with Gasteiger partial charge in [0, 0.05) is 22.7 Å². The predicted molar refractivity (Wildman–Crippen MR) is 108 cm³/mol. The molecular weight excluding hydrogens is 379 g/mol. The lowest BCUT2D eigenvalue weighted by Gasteiger charge is -2.07. The van der Waals surface area contributed by atoms with E-state index in [9.17, 15) is 9.18 Å². The molecule has 2 N–H and O–H groups in total. The molecular formula is C22H16ClFN2O2. The van der Waals surface area contributed by atoms with Crippen molar-refractivity contribution in [3.63, 3.8) is 0 Å². The highest BCUT2D eigenvalue weighted by Gasteiger charge is 2.13. The van der Waals surface area contributed by atoms with Crippen molar-refractivity contribution in [2.24, 2.45) is 0 Å². The highest BCUT2D eigenvalue weighted by Crippen LogP contribution is 2.34. The summed E-state index contributed by atoms with van der Waals surface area (Å²) in [7, 11) is 0. The van der Waals surface area contributed by atoms with Gasteiger partial charge in [0.1, 0.15) is 5.82 Å². The molecule has 0 bridgehead atoms. The first-order valence-corrected chi connectivity index (χ1v) is 9.05. The molecule has 0 amide bonds. The second kappa shape index (κ2) is 7.09. The van der Waals surface area contributed by atoms with Crippen molar-refractivity contribution < 1.29 is 14.3 Å². The molecule has 6 heteroatoms. The zero-order valence-corrected chi connectivity index (χ0v) is 15.7. The Labute approximate surface area is 165 Å². The molecule has 0 radical (unpaired) electrons. The first-order chi connectivity index (χ1) is 13.4. The number of aliphatic carboxylic acids is 1. The standard InChI is InChI=1S/C22H16ClFN2O2/c1-12-7-15(10-21(27)28)25-11-16(12)13-5-6-19-14(8-13)9-20(26-19)22-17(23)3-2-4-18(22)24/h2-9,11,26H,10H2,1H3,(H,27,28). The summed E-state index contributed by atoms with van der Waals surface area (Å²) in [5, 5.41) is 10.2. The van der Waals surface area contributed by atoms with Crippen LogP contribution in [0.15, 0.2) is 54.7 Å². The number of fused-ring (bicyclic) bond motifs is 1. The van der Waals surface area contributed by atoms with Crippen molar-refractivity contribution in [1.82, 2.24) is 9.97 Å². The van der Waals surface area contributed by atoms with E-state index in [2.05, 4.69) is 9.97 Å². The van der Waals surface area contributed by atoms with Gasteiger partial charge in [-0.25, -0.2) is 4.39 Å². The van der Waals surface area contributed by atoms with Crippen molar-refractivity contribution in [2.75, 3.05) is 0 Å². The van der Waals surface area contributed by atoms with E-state index in [-0.39, 0.29) is 12.2 Å². The summed E-state index contributed by atoms with van der Waals surface area (Å²) in [5.41, 5.74) is 5.16. The molecule has 4 nitrogen and oxygen atoms in total. The van der Waals surface area contributed by atoms with Crippen LogP contribution < -0.4 is 0 Å². The maximum Gasteiger partial charge on any atom is 0.309 e. The van der Waals surface area contributed by atoms with Crippen LogP contribution in [0.1, 0.15) is 11.3 Å². The Hall–Kier alpha value is -3.18. The van der Waals surface area contributed by atoms with Crippen molar-refractivity contribution in [3.05, 3.63) is 76.8 Å². The molecule has 0 spiro atoms. The van der Waals surface area contributed by atoms with Crippen molar-refractivity contribution in [2.45, 2.75) is 13.3 Å². The number of aromatic amines is 1. The van der Waals surface area contributed by atoms with Crippen LogP contribution in [0, 0.1) is 12.7 Å². The van der Waals surface area contributed by atoms with Crippen LogP contribution in [0.25, 0.3) is 33.3 Å². The summed E-state index contributed by atoms with van der Waals surface area (Å²) < 4.78 is 14.2. The molecule has 4 rings (SSSR count). The van der Waals surface area contributed by atoms with E-state index in [0.717, 1.165) is 27.6 Å². The molecule has 0 aliphatic heterocycles. The lowest BCUT2D eigenvalue weighted by atomic mass is 10.0. The minimum absolute atomic E-state index is 0.106. The van der Waals surface area contributed by atoms with E-state index in [1.54, 1.807) is 24.4 Å². The van der Waals surface area contributed by atoms with Crippen LogP contribution in [0.2, 0.25) is 5.02 Å². The Balaban J connectivity index is 1.76. The van der Waals surface area contributed by atoms with Gasteiger partial charge in [-0.2, -0.15) is 0 Å². The number of rotatable bonds is 4. The molecule has 0 aliphatic rings. The van der Waals surface area contributed by atoms with Gasteiger partial charge in [-0.15, -0.1) is 0 Å². The fourth-order valence-corrected chi connectivity index (χ4v) is 3.62. The summed E-state index contributed by atoms with van der Waals surface area (Å²) in [6, 6.07) is 14.1. The van der Waals surface area contributed by atoms with Crippen molar-refractivity contribution in [1.29, 1.82) is 0 Å². The Morgan fingerprint density at radius 3 is 2.75 bits per heavy atom. The lowest BCUT2D eigenvalue weighted by Crippen LogP contribution is -2.03. The molecule has 2 heterocycles. The fraction of sp³-hybridized carbons (Fsp3) is 0.0909. The minimum Gasteiger partial charge on any atom is -0.481 e. The number of pyridine rings is 1. The van der Waals surface area contributed by atoms with Crippen LogP contribution in [-0.2, 0) is 11.2 Å². The molecule has 4 aromatic rings. The van der Waals surface area contributed by atoms with E-state index >= 15 is 0 Å². The SMILES string of the molecule is Cc1cc(CC(=O)O)ncc1-c1ccc2[nH]c(-c3c(F)cccc3Cl)cc2c1. The number of hydrogen-bond donors (Lipinski definition) is 2. The Morgan fingerprint density at radius 1 is 1.21 bits per heavy atom. The van der Waals surface area contributed by atoms with Gasteiger partial charge in [0.05, 0.1) is 28.4 Å². The lowest BCUT2D eigenvalue weighted by molar-refractivity contribution is -0.136. The topological polar surface area (TPSA) is 66.0 Å². The molecule has 0 saturated carbocycles. The molecule has 0 aliphatic carbocycles. The van der Waals surface area contributed by atoms with Gasteiger partial charge in [-0.1, -0.05) is 23.7 Å². The summed E-state index contributed by atoms with van der Waals surface area (Å²) >= 11 is 6.18. The minimum atomic E-state index is -0.910. The van der Waals surface area contributed by atoms with E-state index in [1.807, 2.05) is 31.2 Å². The average molecular weight is 395 g/mol. The van der Waals surface area contributed by atoms with Gasteiger partial charge in [0.25, 0.3) is 0 Å². The quantitative estimate of drug-likeness (QED) is 0.471. The second-order valence-electron chi connectivity index (χ2n) is 6.64. The van der Waals surface area contributed by atoms with Crippen LogP contribution in [-0.4, -0.2) is 21.0 Å². The third-order valence-electron chi connectivity index (χ3n) is 4.66. The van der Waals surface area contributed by atoms with E-state index in [1.165, 1.54) is 6.07 Å². The molecule has 140 valence electrons. The summed E-state index contributed by atoms with van der Waals surface area (Å²) in [6.45, 7) is 1.92. The number of H-pyrrole nitrogens is 1. The summed E-state index contributed by atoms with van der Waals surface area (Å²) in [4.78, 5) is 18.3. The monoisotopic (exact) mass is 394 g/mol. The number of benzene rings is 2. The second-order valence-corrected chi connectivity index (χ2v) is 7.05. The van der Waals surface area contributed by atoms with Crippen molar-refractivity contribution in [3.8, 4) is 22.4 Å². The van der Waals surface area contributed by atoms with Gasteiger partial charge >= 0.3 is 5.97 Å². The number of carboxylic acids is 1. The Morgan fingerprint density at radius 2 is 2.04 bits per heavy atom. The van der Waals surface area contributed by atoms with Gasteiger partial charge in [-0.3, -0.25) is 9.78 Å². The summed E-state index contributed by atoms with van der Waals surface area (Å²) in [5.74, 6) is -1.29. The van der Waals surface area contributed by atoms with Crippen LogP contribution in [0.3, 0.4) is 0 Å². The van der Waals surface area contributed by atoms with Crippen molar-refractivity contribution >= 4 is 28.5 Å². The highest BCUT2D eigenvalue weighted by molar-refractivity contribution is 6.33. The van der Waals surface area contributed by atoms with Gasteiger partial charge in [-0.05, 0) is 54.4 Å². The average Bonchev–Trinajstić information content (AvgIpc) is 3.03. The molecule has 0 fully saturated rings. The Kier molecular flexibility index (Phi) is 4.61. The number of halogens is 2. The number of aryl methyl sites for hydroxylation is 1. The zero-order valence-electron chi connectivity index (χ0n) is 15.0. The zero-order chi connectivity index (χ0) is 19.8. The number of hydrogen-bond acceptors (Lipinski definition) is 2. The normalized spacial score (nSPS) is 11.1. The maximum absolute atomic E-state index is 14.2. The van der Waals surface area contributed by atoms with Crippen LogP contribution in [0.4, 0.5) is 4.39 Å². The largest absolute Gasteiger partial charge is 0.481 e. The molecule has 28 heavy (non-hydrogen) atoms. The van der Waals surface area contributed by atoms with Gasteiger partial charge in [0.2, 0.25) is 0 Å². The predicted octanol–water partition coefficient (Wildman–Crippen LogP) is 5.62. The van der Waals surface area contributed by atoms with Crippen LogP contribution >= 0.6 is 11.6 Å². The van der Waals surface area contributed by atoms with E-state index in [4.69, 9.17) is 16.7 Å². The number of carbonyl (C=O) groups is 1. The van der Waals surface area contributed by atoms with Crippen LogP contribution in [0.5, 0.6) is 0 Å². The van der Waals surface area contributed by atoms with Gasteiger partial charge in [0.15, 0.2) is 0 Å².